The van der Waals surface area contributed by atoms with E-state index in [1.54, 1.807) is 18.2 Å². The van der Waals surface area contributed by atoms with Crippen molar-refractivity contribution in [3.05, 3.63) is 76.8 Å². The van der Waals surface area contributed by atoms with E-state index in [9.17, 15) is 9.59 Å². The van der Waals surface area contributed by atoms with Crippen LogP contribution in [0.3, 0.4) is 0 Å². The fourth-order valence-corrected chi connectivity index (χ4v) is 5.70. The van der Waals surface area contributed by atoms with E-state index in [0.29, 0.717) is 23.7 Å². The summed E-state index contributed by atoms with van der Waals surface area (Å²) < 4.78 is 0. The van der Waals surface area contributed by atoms with Gasteiger partial charge < -0.3 is 9.80 Å². The van der Waals surface area contributed by atoms with E-state index in [4.69, 9.17) is 11.6 Å². The topological polar surface area (TPSA) is 40.6 Å². The Kier molecular flexibility index (Phi) is 5.97. The van der Waals surface area contributed by atoms with Gasteiger partial charge in [-0.3, -0.25) is 9.59 Å². The lowest BCUT2D eigenvalue weighted by molar-refractivity contribution is -0.129. The molecule has 0 N–H and O–H groups in total. The maximum absolute atomic E-state index is 12.9. The average Bonchev–Trinajstić information content (AvgIpc) is 3.16. The van der Waals surface area contributed by atoms with Gasteiger partial charge in [0.1, 0.15) is 0 Å². The Bertz CT molecular complexity index is 923. The molecule has 2 aromatic rings. The third kappa shape index (κ3) is 4.21. The lowest BCUT2D eigenvalue weighted by Crippen LogP contribution is -2.53. The number of halogens is 1. The fourth-order valence-electron chi connectivity index (χ4n) is 4.02. The van der Waals surface area contributed by atoms with Gasteiger partial charge in [0.25, 0.3) is 5.91 Å². The molecule has 1 spiro atoms. The van der Waals surface area contributed by atoms with Gasteiger partial charge in [-0.1, -0.05) is 54.1 Å². The highest BCUT2D eigenvalue weighted by molar-refractivity contribution is 8.00. The molecule has 0 saturated carbocycles. The third-order valence-corrected chi connectivity index (χ3v) is 7.48. The number of benzene rings is 2. The molecule has 150 valence electrons. The van der Waals surface area contributed by atoms with Gasteiger partial charge in [-0.25, -0.2) is 0 Å². The van der Waals surface area contributed by atoms with Crippen molar-refractivity contribution in [3.63, 3.8) is 0 Å². The number of hydrogen-bond donors (Lipinski definition) is 0. The lowest BCUT2D eigenvalue weighted by Gasteiger charge is -2.43. The summed E-state index contributed by atoms with van der Waals surface area (Å²) in [6, 6.07) is 17.0. The zero-order valence-corrected chi connectivity index (χ0v) is 17.7. The SMILES string of the molecule is O=C(c1ccccc1Cl)N1CCC2(CC1)SCCN2C(=O)/C=C/c1ccccc1. The van der Waals surface area contributed by atoms with Gasteiger partial charge in [-0.05, 0) is 36.6 Å². The molecule has 2 fully saturated rings. The zero-order valence-electron chi connectivity index (χ0n) is 16.1. The van der Waals surface area contributed by atoms with Crippen LogP contribution in [-0.2, 0) is 4.79 Å². The first-order valence-electron chi connectivity index (χ1n) is 9.82. The Hall–Kier alpha value is -2.24. The largest absolute Gasteiger partial charge is 0.338 e. The quantitative estimate of drug-likeness (QED) is 0.675. The maximum Gasteiger partial charge on any atom is 0.255 e. The molecule has 0 aliphatic carbocycles. The molecule has 0 unspecified atom stereocenters. The van der Waals surface area contributed by atoms with Gasteiger partial charge in [-0.2, -0.15) is 0 Å². The minimum atomic E-state index is -0.213. The molecule has 2 aromatic carbocycles. The number of nitrogens with zero attached hydrogens (tertiary/aromatic N) is 2. The number of piperidine rings is 1. The number of thioether (sulfide) groups is 1. The van der Waals surface area contributed by atoms with Gasteiger partial charge >= 0.3 is 0 Å². The van der Waals surface area contributed by atoms with Crippen LogP contribution in [0.15, 0.2) is 60.7 Å². The summed E-state index contributed by atoms with van der Waals surface area (Å²) in [5.74, 6) is 0.948. The smallest absolute Gasteiger partial charge is 0.255 e. The molecule has 0 aromatic heterocycles. The monoisotopic (exact) mass is 426 g/mol. The van der Waals surface area contributed by atoms with Crippen LogP contribution in [0.2, 0.25) is 5.02 Å². The molecule has 2 aliphatic rings. The Balaban J connectivity index is 1.43. The van der Waals surface area contributed by atoms with E-state index in [-0.39, 0.29) is 16.7 Å². The summed E-state index contributed by atoms with van der Waals surface area (Å²) in [5.41, 5.74) is 1.56. The van der Waals surface area contributed by atoms with Gasteiger partial charge in [0.15, 0.2) is 0 Å². The molecular weight excluding hydrogens is 404 g/mol. The molecule has 6 heteroatoms. The normalized spacial score (nSPS) is 18.5. The summed E-state index contributed by atoms with van der Waals surface area (Å²) >= 11 is 8.04. The van der Waals surface area contributed by atoms with Crippen LogP contribution in [-0.4, -0.2) is 51.9 Å². The molecule has 0 radical (unpaired) electrons. The molecule has 2 aliphatic heterocycles. The number of rotatable bonds is 3. The van der Waals surface area contributed by atoms with Crippen molar-refractivity contribution in [2.75, 3.05) is 25.4 Å². The van der Waals surface area contributed by atoms with Gasteiger partial charge in [0, 0.05) is 31.5 Å². The van der Waals surface area contributed by atoms with E-state index < -0.39 is 0 Å². The van der Waals surface area contributed by atoms with Gasteiger partial charge in [0.05, 0.1) is 15.5 Å². The van der Waals surface area contributed by atoms with E-state index in [1.807, 2.05) is 70.1 Å². The van der Waals surface area contributed by atoms with Crippen LogP contribution in [0.5, 0.6) is 0 Å². The second kappa shape index (κ2) is 8.64. The van der Waals surface area contributed by atoms with E-state index in [0.717, 1.165) is 30.7 Å². The number of hydrogen-bond acceptors (Lipinski definition) is 3. The highest BCUT2D eigenvalue weighted by Gasteiger charge is 2.46. The van der Waals surface area contributed by atoms with Crippen molar-refractivity contribution in [2.24, 2.45) is 0 Å². The molecule has 2 heterocycles. The summed E-state index contributed by atoms with van der Waals surface area (Å²) in [4.78, 5) is 29.4. The first kappa shape index (κ1) is 20.0. The van der Waals surface area contributed by atoms with Crippen LogP contribution in [0.4, 0.5) is 0 Å². The fraction of sp³-hybridized carbons (Fsp3) is 0.304. The summed E-state index contributed by atoms with van der Waals surface area (Å²) in [7, 11) is 0. The van der Waals surface area contributed by atoms with Crippen molar-refractivity contribution < 1.29 is 9.59 Å². The average molecular weight is 427 g/mol. The second-order valence-electron chi connectivity index (χ2n) is 7.30. The molecule has 4 rings (SSSR count). The van der Waals surface area contributed by atoms with Gasteiger partial charge in [0.2, 0.25) is 5.91 Å². The van der Waals surface area contributed by atoms with Crippen molar-refractivity contribution in [1.29, 1.82) is 0 Å². The van der Waals surface area contributed by atoms with Crippen LogP contribution in [0.1, 0.15) is 28.8 Å². The summed E-state index contributed by atoms with van der Waals surface area (Å²) in [5, 5.41) is 0.482. The van der Waals surface area contributed by atoms with Crippen molar-refractivity contribution in [3.8, 4) is 0 Å². The van der Waals surface area contributed by atoms with E-state index in [1.165, 1.54) is 0 Å². The molecule has 2 saturated heterocycles. The second-order valence-corrected chi connectivity index (χ2v) is 9.16. The Labute approximate surface area is 180 Å². The molecule has 0 atom stereocenters. The number of likely N-dealkylation sites (tertiary alicyclic amines) is 1. The van der Waals surface area contributed by atoms with Crippen LogP contribution < -0.4 is 0 Å². The molecule has 2 amide bonds. The standard InChI is InChI=1S/C23H23ClN2O2S/c24-20-9-5-4-8-19(20)22(28)25-14-12-23(13-15-25)26(16-17-29-23)21(27)11-10-18-6-2-1-3-7-18/h1-11H,12-17H2/b11-10+. The van der Waals surface area contributed by atoms with Crippen LogP contribution in [0, 0.1) is 0 Å². The predicted octanol–water partition coefficient (Wildman–Crippen LogP) is 4.56. The Morgan fingerprint density at radius 1 is 0.966 bits per heavy atom. The lowest BCUT2D eigenvalue weighted by atomic mass is 10.0. The van der Waals surface area contributed by atoms with Crippen LogP contribution >= 0.6 is 23.4 Å². The first-order chi connectivity index (χ1) is 14.1. The summed E-state index contributed by atoms with van der Waals surface area (Å²) in [6.07, 6.45) is 5.09. The van der Waals surface area contributed by atoms with Crippen molar-refractivity contribution in [1.82, 2.24) is 9.80 Å². The molecule has 0 bridgehead atoms. The van der Waals surface area contributed by atoms with Crippen molar-refractivity contribution >= 4 is 41.3 Å². The Morgan fingerprint density at radius 2 is 1.66 bits per heavy atom. The third-order valence-electron chi connectivity index (χ3n) is 5.60. The highest BCUT2D eigenvalue weighted by atomic mass is 35.5. The highest BCUT2D eigenvalue weighted by Crippen LogP contribution is 2.44. The zero-order chi connectivity index (χ0) is 20.3. The molecular formula is C23H23ClN2O2S. The van der Waals surface area contributed by atoms with Crippen LogP contribution in [0.25, 0.3) is 6.08 Å². The predicted molar refractivity (Wildman–Crippen MR) is 119 cm³/mol. The number of carbonyl (C=O) groups is 2. The minimum Gasteiger partial charge on any atom is -0.338 e. The summed E-state index contributed by atoms with van der Waals surface area (Å²) in [6.45, 7) is 2.01. The number of amides is 2. The first-order valence-corrected chi connectivity index (χ1v) is 11.2. The number of carbonyl (C=O) groups excluding carboxylic acids is 2. The van der Waals surface area contributed by atoms with Gasteiger partial charge in [-0.15, -0.1) is 11.8 Å². The van der Waals surface area contributed by atoms with Crippen molar-refractivity contribution in [2.45, 2.75) is 17.7 Å². The Morgan fingerprint density at radius 3 is 2.38 bits per heavy atom. The van der Waals surface area contributed by atoms with E-state index in [2.05, 4.69) is 0 Å². The minimum absolute atomic E-state index is 0.0321. The molecule has 29 heavy (non-hydrogen) atoms. The van der Waals surface area contributed by atoms with E-state index >= 15 is 0 Å². The molecule has 4 nitrogen and oxygen atoms in total. The maximum atomic E-state index is 12.9.